The molecule has 9 heteroatoms. The lowest BCUT2D eigenvalue weighted by atomic mass is 9.82. The number of hydrogen-bond acceptors (Lipinski definition) is 5. The molecule has 1 saturated carbocycles. The summed E-state index contributed by atoms with van der Waals surface area (Å²) in [6.45, 7) is 0.756. The van der Waals surface area contributed by atoms with Gasteiger partial charge in [-0.25, -0.2) is 22.3 Å². The highest BCUT2D eigenvalue weighted by Crippen LogP contribution is 2.34. The Morgan fingerprint density at radius 1 is 1.23 bits per heavy atom. The summed E-state index contributed by atoms with van der Waals surface area (Å²) in [7, 11) is -2.09. The third-order valence-electron chi connectivity index (χ3n) is 6.05. The summed E-state index contributed by atoms with van der Waals surface area (Å²) in [4.78, 5) is 13.8. The van der Waals surface area contributed by atoms with Gasteiger partial charge in [0.15, 0.2) is 0 Å². The Bertz CT molecular complexity index is 826. The molecule has 2 atom stereocenters. The molecular weight excluding hydrogens is 411 g/mol. The van der Waals surface area contributed by atoms with E-state index in [0.717, 1.165) is 37.5 Å². The van der Waals surface area contributed by atoms with Crippen LogP contribution in [0, 0.1) is 5.82 Å². The molecule has 0 spiro atoms. The zero-order chi connectivity index (χ0) is 21.7. The number of rotatable bonds is 6. The maximum Gasteiger partial charge on any atom is 0.409 e. The number of nitrogens with zero attached hydrogens (tertiary/aromatic N) is 1. The van der Waals surface area contributed by atoms with Gasteiger partial charge < -0.3 is 14.4 Å². The summed E-state index contributed by atoms with van der Waals surface area (Å²) in [5.41, 5.74) is 1.02. The average molecular weight is 443 g/mol. The molecule has 1 heterocycles. The Labute approximate surface area is 178 Å². The van der Waals surface area contributed by atoms with Crippen LogP contribution in [0.2, 0.25) is 0 Å². The number of nitrogens with one attached hydrogen (secondary N) is 1. The fourth-order valence-corrected chi connectivity index (χ4v) is 5.40. The maximum absolute atomic E-state index is 13.5. The third-order valence-corrected chi connectivity index (χ3v) is 6.78. The molecule has 1 aliphatic carbocycles. The van der Waals surface area contributed by atoms with Crippen LogP contribution in [0.15, 0.2) is 24.3 Å². The lowest BCUT2D eigenvalue weighted by Gasteiger charge is -2.41. The summed E-state index contributed by atoms with van der Waals surface area (Å²) in [6, 6.07) is 5.94. The van der Waals surface area contributed by atoms with Crippen LogP contribution in [0.5, 0.6) is 0 Å². The number of likely N-dealkylation sites (tertiary alicyclic amines) is 1. The first kappa shape index (κ1) is 23.0. The van der Waals surface area contributed by atoms with E-state index >= 15 is 0 Å². The minimum Gasteiger partial charge on any atom is -0.453 e. The number of sulfonamides is 1. The lowest BCUT2D eigenvalue weighted by Crippen LogP contribution is -2.59. The van der Waals surface area contributed by atoms with Crippen LogP contribution in [0.3, 0.4) is 0 Å². The van der Waals surface area contributed by atoms with Crippen molar-refractivity contribution >= 4 is 16.1 Å². The van der Waals surface area contributed by atoms with Crippen molar-refractivity contribution in [1.29, 1.82) is 0 Å². The van der Waals surface area contributed by atoms with E-state index in [1.165, 1.54) is 13.2 Å². The second-order valence-electron chi connectivity index (χ2n) is 8.23. The van der Waals surface area contributed by atoms with E-state index in [1.807, 2.05) is 6.07 Å². The van der Waals surface area contributed by atoms with Gasteiger partial charge in [0, 0.05) is 12.6 Å². The van der Waals surface area contributed by atoms with Gasteiger partial charge in [-0.05, 0) is 62.1 Å². The van der Waals surface area contributed by atoms with Gasteiger partial charge in [-0.15, -0.1) is 0 Å². The number of methoxy groups -OCH3 is 1. The van der Waals surface area contributed by atoms with Gasteiger partial charge in [-0.3, -0.25) is 0 Å². The van der Waals surface area contributed by atoms with E-state index in [2.05, 4.69) is 4.72 Å². The van der Waals surface area contributed by atoms with Gasteiger partial charge in [0.25, 0.3) is 0 Å². The van der Waals surface area contributed by atoms with E-state index in [0.29, 0.717) is 25.3 Å². The molecule has 1 aromatic carbocycles. The molecule has 1 N–H and O–H groups in total. The molecule has 0 bridgehead atoms. The van der Waals surface area contributed by atoms with Gasteiger partial charge in [0.05, 0.1) is 32.1 Å². The van der Waals surface area contributed by atoms with Crippen molar-refractivity contribution in [2.75, 3.05) is 26.5 Å². The second-order valence-corrected chi connectivity index (χ2v) is 10.0. The molecule has 3 rings (SSSR count). The zero-order valence-corrected chi connectivity index (χ0v) is 18.4. The number of carbonyl (C=O) groups is 1. The highest BCUT2D eigenvalue weighted by molar-refractivity contribution is 7.88. The minimum absolute atomic E-state index is 0.0371. The number of benzene rings is 1. The molecule has 1 aliphatic heterocycles. The first-order valence-corrected chi connectivity index (χ1v) is 12.3. The summed E-state index contributed by atoms with van der Waals surface area (Å²) in [5.74, 6) is 0.108. The maximum atomic E-state index is 13.5. The van der Waals surface area contributed by atoms with Crippen LogP contribution >= 0.6 is 0 Å². The molecule has 2 aliphatic rings. The number of ether oxygens (including phenoxy) is 2. The van der Waals surface area contributed by atoms with Gasteiger partial charge in [0.1, 0.15) is 5.82 Å². The number of carbonyl (C=O) groups excluding carboxylic acids is 1. The van der Waals surface area contributed by atoms with Crippen LogP contribution in [-0.2, 0) is 19.5 Å². The Balaban J connectivity index is 1.59. The highest BCUT2D eigenvalue weighted by atomic mass is 32.2. The van der Waals surface area contributed by atoms with Crippen LogP contribution in [0.4, 0.5) is 9.18 Å². The molecule has 7 nitrogen and oxygen atoms in total. The summed E-state index contributed by atoms with van der Waals surface area (Å²) < 4.78 is 50.7. The smallest absolute Gasteiger partial charge is 0.409 e. The van der Waals surface area contributed by atoms with Gasteiger partial charge in [-0.2, -0.15) is 0 Å². The topological polar surface area (TPSA) is 84.9 Å². The van der Waals surface area contributed by atoms with Gasteiger partial charge in [-0.1, -0.05) is 12.1 Å². The number of hydrogen-bond donors (Lipinski definition) is 1. The Morgan fingerprint density at radius 2 is 1.97 bits per heavy atom. The Morgan fingerprint density at radius 3 is 2.60 bits per heavy atom. The van der Waals surface area contributed by atoms with Crippen molar-refractivity contribution in [2.45, 2.75) is 62.6 Å². The zero-order valence-electron chi connectivity index (χ0n) is 17.6. The quantitative estimate of drug-likeness (QED) is 0.732. The number of amides is 1. The van der Waals surface area contributed by atoms with E-state index < -0.39 is 28.2 Å². The molecule has 0 radical (unpaired) electrons. The normalized spacial score (nSPS) is 27.6. The molecule has 0 aromatic heterocycles. The first-order valence-electron chi connectivity index (χ1n) is 10.5. The molecule has 30 heavy (non-hydrogen) atoms. The van der Waals surface area contributed by atoms with E-state index in [1.54, 1.807) is 17.0 Å². The van der Waals surface area contributed by atoms with Crippen molar-refractivity contribution in [1.82, 2.24) is 9.62 Å². The fraction of sp³-hybridized carbons (Fsp3) is 0.667. The van der Waals surface area contributed by atoms with Crippen LogP contribution < -0.4 is 4.72 Å². The van der Waals surface area contributed by atoms with Crippen LogP contribution in [0.25, 0.3) is 0 Å². The number of piperidine rings is 1. The molecule has 0 unspecified atom stereocenters. The standard InChI is InChI=1S/C21H31FN2O5S/c1-28-21(25)24-12-4-7-19(23-30(2,26)27)20(24)14-29-18-10-8-15(9-11-18)16-5-3-6-17(22)13-16/h3,5-6,13,15,18-20,23H,4,7-12,14H2,1-2H3/t15?,18?,19-,20-/m0/s1. The molecular formula is C21H31FN2O5S. The van der Waals surface area contributed by atoms with Crippen LogP contribution in [0.1, 0.15) is 50.0 Å². The second kappa shape index (κ2) is 10.1. The van der Waals surface area contributed by atoms with E-state index in [4.69, 9.17) is 9.47 Å². The highest BCUT2D eigenvalue weighted by Gasteiger charge is 2.37. The predicted octanol–water partition coefficient (Wildman–Crippen LogP) is 3.02. The van der Waals surface area contributed by atoms with E-state index in [-0.39, 0.29) is 18.5 Å². The molecule has 1 amide bonds. The molecule has 2 fully saturated rings. The number of halogens is 1. The largest absolute Gasteiger partial charge is 0.453 e. The minimum atomic E-state index is -3.41. The first-order chi connectivity index (χ1) is 14.3. The van der Waals surface area contributed by atoms with Gasteiger partial charge in [0.2, 0.25) is 10.0 Å². The molecule has 1 aromatic rings. The van der Waals surface area contributed by atoms with Crippen LogP contribution in [-0.4, -0.2) is 64.1 Å². The summed E-state index contributed by atoms with van der Waals surface area (Å²) in [6.07, 6.45) is 5.52. The van der Waals surface area contributed by atoms with E-state index in [9.17, 15) is 17.6 Å². The Kier molecular flexibility index (Phi) is 7.70. The third kappa shape index (κ3) is 6.15. The van der Waals surface area contributed by atoms with Crippen molar-refractivity contribution in [3.8, 4) is 0 Å². The summed E-state index contributed by atoms with van der Waals surface area (Å²) in [5, 5.41) is 0. The van der Waals surface area contributed by atoms with Crippen molar-refractivity contribution in [2.24, 2.45) is 0 Å². The van der Waals surface area contributed by atoms with Crippen molar-refractivity contribution in [3.63, 3.8) is 0 Å². The Hall–Kier alpha value is -1.71. The van der Waals surface area contributed by atoms with Crippen molar-refractivity contribution in [3.05, 3.63) is 35.6 Å². The van der Waals surface area contributed by atoms with Gasteiger partial charge >= 0.3 is 6.09 Å². The molecule has 1 saturated heterocycles. The molecule has 168 valence electrons. The SMILES string of the molecule is COC(=O)N1CCC[C@H](NS(C)(=O)=O)[C@@H]1COC1CCC(c2cccc(F)c2)CC1. The monoisotopic (exact) mass is 442 g/mol. The fourth-order valence-electron chi connectivity index (χ4n) is 4.58. The summed E-state index contributed by atoms with van der Waals surface area (Å²) >= 11 is 0. The van der Waals surface area contributed by atoms with Crippen molar-refractivity contribution < 1.29 is 27.1 Å². The average Bonchev–Trinajstić information content (AvgIpc) is 2.71. The lowest BCUT2D eigenvalue weighted by molar-refractivity contribution is -0.0245. The predicted molar refractivity (Wildman–Crippen MR) is 111 cm³/mol.